The molecule has 1 aliphatic carbocycles. The highest BCUT2D eigenvalue weighted by atomic mass is 79.9. The van der Waals surface area contributed by atoms with E-state index in [1.54, 1.807) is 0 Å². The minimum absolute atomic E-state index is 0.777. The van der Waals surface area contributed by atoms with Gasteiger partial charge in [-0.2, -0.15) is 0 Å². The number of hydrogen-bond acceptors (Lipinski definition) is 1. The summed E-state index contributed by atoms with van der Waals surface area (Å²) in [5, 5.41) is 3.41. The Bertz CT molecular complexity index is 133. The Morgan fingerprint density at radius 3 is 2.90 bits per heavy atom. The second-order valence-electron chi connectivity index (χ2n) is 2.91. The van der Waals surface area contributed by atoms with E-state index in [0.29, 0.717) is 0 Å². The van der Waals surface area contributed by atoms with Gasteiger partial charge in [-0.05, 0) is 12.3 Å². The van der Waals surface area contributed by atoms with E-state index in [9.17, 15) is 0 Å². The van der Waals surface area contributed by atoms with E-state index < -0.39 is 0 Å². The first-order valence-electron chi connectivity index (χ1n) is 3.80. The number of hydrogen-bond donors (Lipinski definition) is 1. The van der Waals surface area contributed by atoms with Crippen LogP contribution >= 0.6 is 15.9 Å². The van der Waals surface area contributed by atoms with Gasteiger partial charge in [0.2, 0.25) is 0 Å². The maximum absolute atomic E-state index is 3.76. The van der Waals surface area contributed by atoms with Crippen LogP contribution in [0.25, 0.3) is 0 Å². The van der Waals surface area contributed by atoms with Gasteiger partial charge in [-0.3, -0.25) is 0 Å². The summed E-state index contributed by atoms with van der Waals surface area (Å²) in [4.78, 5) is 0. The minimum Gasteiger partial charge on any atom is -0.309 e. The van der Waals surface area contributed by atoms with Crippen LogP contribution in [0.5, 0.6) is 0 Å². The van der Waals surface area contributed by atoms with Gasteiger partial charge in [-0.1, -0.05) is 35.9 Å². The molecular formula is C8H14BrN. The van der Waals surface area contributed by atoms with Crippen molar-refractivity contribution in [3.63, 3.8) is 0 Å². The van der Waals surface area contributed by atoms with E-state index in [1.807, 2.05) is 0 Å². The summed E-state index contributed by atoms with van der Waals surface area (Å²) < 4.78 is 1.05. The van der Waals surface area contributed by atoms with Crippen molar-refractivity contribution >= 4 is 15.9 Å². The maximum atomic E-state index is 3.76. The molecule has 1 nitrogen and oxygen atoms in total. The van der Waals surface area contributed by atoms with Crippen LogP contribution < -0.4 is 5.32 Å². The van der Waals surface area contributed by atoms with Gasteiger partial charge in [0, 0.05) is 17.1 Å². The Labute approximate surface area is 71.0 Å². The first kappa shape index (κ1) is 8.28. The van der Waals surface area contributed by atoms with Crippen molar-refractivity contribution < 1.29 is 0 Å². The van der Waals surface area contributed by atoms with Crippen molar-refractivity contribution in [2.75, 3.05) is 6.54 Å². The molecule has 0 saturated heterocycles. The fraction of sp³-hybridized carbons (Fsp3) is 0.750. The Hall–Kier alpha value is 0.180. The average molecular weight is 204 g/mol. The molecule has 0 amide bonds. The normalized spacial score (nSPS) is 30.2. The van der Waals surface area contributed by atoms with Crippen LogP contribution in [0.4, 0.5) is 0 Å². The fourth-order valence-electron chi connectivity index (χ4n) is 1.19. The molecule has 58 valence electrons. The fourth-order valence-corrected chi connectivity index (χ4v) is 1.35. The minimum atomic E-state index is 0.777. The molecule has 0 aromatic rings. The number of rotatable bonds is 4. The Kier molecular flexibility index (Phi) is 2.93. The zero-order valence-electron chi connectivity index (χ0n) is 6.36. The highest BCUT2D eigenvalue weighted by Gasteiger charge is 2.34. The summed E-state index contributed by atoms with van der Waals surface area (Å²) in [6.07, 6.45) is 2.67. The molecule has 1 rings (SSSR count). The van der Waals surface area contributed by atoms with Crippen molar-refractivity contribution in [3.8, 4) is 0 Å². The predicted molar refractivity (Wildman–Crippen MR) is 48.3 cm³/mol. The zero-order chi connectivity index (χ0) is 7.56. The lowest BCUT2D eigenvalue weighted by Gasteiger charge is -1.99. The van der Waals surface area contributed by atoms with Gasteiger partial charge < -0.3 is 5.32 Å². The maximum Gasteiger partial charge on any atom is 0.0268 e. The Morgan fingerprint density at radius 2 is 2.50 bits per heavy atom. The van der Waals surface area contributed by atoms with Crippen LogP contribution in [-0.2, 0) is 0 Å². The number of halogens is 1. The van der Waals surface area contributed by atoms with Crippen LogP contribution in [0.1, 0.15) is 19.8 Å². The molecular weight excluding hydrogens is 190 g/mol. The molecule has 0 bridgehead atoms. The third-order valence-corrected chi connectivity index (χ3v) is 2.28. The van der Waals surface area contributed by atoms with E-state index in [1.165, 1.54) is 12.8 Å². The van der Waals surface area contributed by atoms with Gasteiger partial charge >= 0.3 is 0 Å². The smallest absolute Gasteiger partial charge is 0.0268 e. The first-order chi connectivity index (χ1) is 4.74. The Balaban J connectivity index is 2.01. The summed E-state index contributed by atoms with van der Waals surface area (Å²) in [5.41, 5.74) is 0. The molecule has 10 heavy (non-hydrogen) atoms. The standard InChI is InChI=1S/C8H14BrN/c1-3-7-4-8(7)10-5-6(2)9/h7-8,10H,2-5H2,1H3. The number of nitrogens with one attached hydrogen (secondary N) is 1. The molecule has 0 heterocycles. The molecule has 0 aromatic carbocycles. The topological polar surface area (TPSA) is 12.0 Å². The Morgan fingerprint density at radius 1 is 1.80 bits per heavy atom. The largest absolute Gasteiger partial charge is 0.309 e. The highest BCUT2D eigenvalue weighted by molar-refractivity contribution is 9.11. The van der Waals surface area contributed by atoms with E-state index in [4.69, 9.17) is 0 Å². The second-order valence-corrected chi connectivity index (χ2v) is 4.03. The second kappa shape index (κ2) is 3.54. The lowest BCUT2D eigenvalue weighted by molar-refractivity contribution is 0.660. The monoisotopic (exact) mass is 203 g/mol. The van der Waals surface area contributed by atoms with Gasteiger partial charge in [-0.25, -0.2) is 0 Å². The summed E-state index contributed by atoms with van der Waals surface area (Å²) in [6.45, 7) is 6.92. The van der Waals surface area contributed by atoms with E-state index in [-0.39, 0.29) is 0 Å². The van der Waals surface area contributed by atoms with Crippen LogP contribution in [0.2, 0.25) is 0 Å². The molecule has 1 saturated carbocycles. The lowest BCUT2D eigenvalue weighted by atomic mass is 10.3. The molecule has 0 radical (unpaired) electrons. The van der Waals surface area contributed by atoms with Crippen LogP contribution in [0.3, 0.4) is 0 Å². The molecule has 0 aromatic heterocycles. The molecule has 2 atom stereocenters. The summed E-state index contributed by atoms with van der Waals surface area (Å²) in [6, 6.07) is 0.777. The van der Waals surface area contributed by atoms with Crippen molar-refractivity contribution in [2.24, 2.45) is 5.92 Å². The van der Waals surface area contributed by atoms with Crippen LogP contribution in [0.15, 0.2) is 11.1 Å². The third kappa shape index (κ3) is 2.43. The lowest BCUT2D eigenvalue weighted by Crippen LogP contribution is -2.19. The predicted octanol–water partition coefficient (Wildman–Crippen LogP) is 2.28. The summed E-state index contributed by atoms with van der Waals surface area (Å²) in [7, 11) is 0. The third-order valence-electron chi connectivity index (χ3n) is 2.00. The highest BCUT2D eigenvalue weighted by Crippen LogP contribution is 2.33. The van der Waals surface area contributed by atoms with E-state index in [0.717, 1.165) is 23.0 Å². The molecule has 1 fully saturated rings. The zero-order valence-corrected chi connectivity index (χ0v) is 7.95. The molecule has 1 N–H and O–H groups in total. The van der Waals surface area contributed by atoms with Crippen molar-refractivity contribution in [1.82, 2.24) is 5.32 Å². The van der Waals surface area contributed by atoms with Gasteiger partial charge in [0.15, 0.2) is 0 Å². The van der Waals surface area contributed by atoms with E-state index >= 15 is 0 Å². The molecule has 1 aliphatic rings. The van der Waals surface area contributed by atoms with Gasteiger partial charge in [0.25, 0.3) is 0 Å². The van der Waals surface area contributed by atoms with Gasteiger partial charge in [0.05, 0.1) is 0 Å². The SMILES string of the molecule is C=C(Br)CNC1CC1CC. The summed E-state index contributed by atoms with van der Waals surface area (Å²) >= 11 is 3.32. The molecule has 2 unspecified atom stereocenters. The quantitative estimate of drug-likeness (QED) is 0.740. The molecule has 0 aliphatic heterocycles. The van der Waals surface area contributed by atoms with E-state index in [2.05, 4.69) is 34.7 Å². The summed E-state index contributed by atoms with van der Waals surface area (Å²) in [5.74, 6) is 0.937. The van der Waals surface area contributed by atoms with Crippen molar-refractivity contribution in [2.45, 2.75) is 25.8 Å². The average Bonchev–Trinajstić information content (AvgIpc) is 2.61. The van der Waals surface area contributed by atoms with Gasteiger partial charge in [-0.15, -0.1) is 0 Å². The van der Waals surface area contributed by atoms with Gasteiger partial charge in [0.1, 0.15) is 0 Å². The first-order valence-corrected chi connectivity index (χ1v) is 4.60. The van der Waals surface area contributed by atoms with Crippen LogP contribution in [0, 0.1) is 5.92 Å². The molecule has 0 spiro atoms. The van der Waals surface area contributed by atoms with Crippen LogP contribution in [-0.4, -0.2) is 12.6 Å². The van der Waals surface area contributed by atoms with Crippen molar-refractivity contribution in [3.05, 3.63) is 11.1 Å². The molecule has 2 heteroatoms. The van der Waals surface area contributed by atoms with Crippen molar-refractivity contribution in [1.29, 1.82) is 0 Å².